The summed E-state index contributed by atoms with van der Waals surface area (Å²) >= 11 is 3.45. The Morgan fingerprint density at radius 3 is 3.00 bits per heavy atom. The highest BCUT2D eigenvalue weighted by Gasteiger charge is 2.18. The number of hydrogen-bond donors (Lipinski definition) is 1. The van der Waals surface area contributed by atoms with E-state index in [9.17, 15) is 4.79 Å². The second-order valence-corrected chi connectivity index (χ2v) is 5.81. The molecule has 0 bridgehead atoms. The summed E-state index contributed by atoms with van der Waals surface area (Å²) in [6, 6.07) is 5.95. The minimum Gasteiger partial charge on any atom is -0.378 e. The molecule has 1 aromatic rings. The number of halogens is 1. The van der Waals surface area contributed by atoms with Gasteiger partial charge >= 0.3 is 0 Å². The third kappa shape index (κ3) is 4.32. The molecule has 1 amide bonds. The van der Waals surface area contributed by atoms with Crippen molar-refractivity contribution in [2.45, 2.75) is 45.1 Å². The lowest BCUT2D eigenvalue weighted by Gasteiger charge is -2.22. The fourth-order valence-corrected chi connectivity index (χ4v) is 2.76. The Morgan fingerprint density at radius 2 is 2.32 bits per heavy atom. The topological polar surface area (TPSA) is 38.3 Å². The predicted octanol–water partition coefficient (Wildman–Crippen LogP) is 3.91. The minimum atomic E-state index is 0.0453. The molecule has 1 aliphatic rings. The zero-order chi connectivity index (χ0) is 13.7. The van der Waals surface area contributed by atoms with Crippen molar-refractivity contribution in [1.29, 1.82) is 0 Å². The summed E-state index contributed by atoms with van der Waals surface area (Å²) in [6.45, 7) is 2.87. The lowest BCUT2D eigenvalue weighted by molar-refractivity contribution is -0.119. The smallest absolute Gasteiger partial charge is 0.226 e. The van der Waals surface area contributed by atoms with E-state index in [1.165, 1.54) is 0 Å². The Bertz CT molecular complexity index is 442. The monoisotopic (exact) mass is 325 g/mol. The van der Waals surface area contributed by atoms with Crippen molar-refractivity contribution in [3.63, 3.8) is 0 Å². The van der Waals surface area contributed by atoms with Gasteiger partial charge in [0.1, 0.15) is 0 Å². The molecule has 1 heterocycles. The first-order valence-electron chi connectivity index (χ1n) is 6.89. The lowest BCUT2D eigenvalue weighted by Crippen LogP contribution is -2.25. The maximum Gasteiger partial charge on any atom is 0.226 e. The molecule has 3 nitrogen and oxygen atoms in total. The van der Waals surface area contributed by atoms with Crippen LogP contribution < -0.4 is 5.32 Å². The van der Waals surface area contributed by atoms with Gasteiger partial charge in [-0.05, 0) is 49.4 Å². The van der Waals surface area contributed by atoms with E-state index in [0.29, 0.717) is 6.42 Å². The second-order valence-electron chi connectivity index (χ2n) is 4.90. The van der Waals surface area contributed by atoms with Crippen LogP contribution in [0.5, 0.6) is 0 Å². The zero-order valence-corrected chi connectivity index (χ0v) is 12.8. The maximum absolute atomic E-state index is 12.0. The summed E-state index contributed by atoms with van der Waals surface area (Å²) < 4.78 is 6.63. The summed E-state index contributed by atoms with van der Waals surface area (Å²) in [5.74, 6) is 0.0453. The number of anilines is 1. The molecule has 1 fully saturated rings. The van der Waals surface area contributed by atoms with Crippen LogP contribution in [0, 0.1) is 0 Å². The van der Waals surface area contributed by atoms with E-state index in [0.717, 1.165) is 48.0 Å². The Morgan fingerprint density at radius 1 is 1.47 bits per heavy atom. The first-order chi connectivity index (χ1) is 9.19. The van der Waals surface area contributed by atoms with E-state index in [1.54, 1.807) is 0 Å². The first kappa shape index (κ1) is 14.5. The van der Waals surface area contributed by atoms with Gasteiger partial charge in [-0.2, -0.15) is 0 Å². The molecular weight excluding hydrogens is 306 g/mol. The van der Waals surface area contributed by atoms with E-state index < -0.39 is 0 Å². The standard InChI is InChI=1S/C15H20BrNO2/c1-2-11-9-12(16)6-7-14(11)17-15(18)10-13-5-3-4-8-19-13/h6-7,9,13H,2-5,8,10H2,1H3,(H,17,18). The number of benzene rings is 1. The summed E-state index contributed by atoms with van der Waals surface area (Å²) in [4.78, 5) is 12.0. The quantitative estimate of drug-likeness (QED) is 0.911. The predicted molar refractivity (Wildman–Crippen MR) is 80.4 cm³/mol. The zero-order valence-electron chi connectivity index (χ0n) is 11.2. The van der Waals surface area contributed by atoms with Crippen molar-refractivity contribution in [1.82, 2.24) is 0 Å². The van der Waals surface area contributed by atoms with Crippen LogP contribution in [0.1, 0.15) is 38.2 Å². The number of hydrogen-bond acceptors (Lipinski definition) is 2. The summed E-state index contributed by atoms with van der Waals surface area (Å²) in [5, 5.41) is 3.00. The largest absolute Gasteiger partial charge is 0.378 e. The van der Waals surface area contributed by atoms with Crippen molar-refractivity contribution >= 4 is 27.5 Å². The molecule has 1 N–H and O–H groups in total. The van der Waals surface area contributed by atoms with Gasteiger partial charge in [-0.3, -0.25) is 4.79 Å². The molecule has 1 unspecified atom stereocenters. The van der Waals surface area contributed by atoms with Gasteiger partial charge < -0.3 is 10.1 Å². The molecule has 0 aromatic heterocycles. The average molecular weight is 326 g/mol. The fraction of sp³-hybridized carbons (Fsp3) is 0.533. The Kier molecular flexibility index (Phi) is 5.40. The van der Waals surface area contributed by atoms with E-state index >= 15 is 0 Å². The van der Waals surface area contributed by atoms with Gasteiger partial charge in [0.05, 0.1) is 12.5 Å². The molecule has 0 radical (unpaired) electrons. The van der Waals surface area contributed by atoms with Crippen LogP contribution in [0.4, 0.5) is 5.69 Å². The van der Waals surface area contributed by atoms with Gasteiger partial charge in [-0.1, -0.05) is 22.9 Å². The van der Waals surface area contributed by atoms with Crippen molar-refractivity contribution < 1.29 is 9.53 Å². The number of ether oxygens (including phenoxy) is 1. The van der Waals surface area contributed by atoms with Crippen LogP contribution >= 0.6 is 15.9 Å². The molecule has 1 aromatic carbocycles. The van der Waals surface area contributed by atoms with Crippen molar-refractivity contribution in [3.8, 4) is 0 Å². The molecule has 104 valence electrons. The van der Waals surface area contributed by atoms with Gasteiger partial charge in [-0.25, -0.2) is 0 Å². The second kappa shape index (κ2) is 7.06. The molecular formula is C15H20BrNO2. The van der Waals surface area contributed by atoms with Crippen LogP contribution in [0.25, 0.3) is 0 Å². The molecule has 19 heavy (non-hydrogen) atoms. The molecule has 1 aliphatic heterocycles. The van der Waals surface area contributed by atoms with Gasteiger partial charge in [0.25, 0.3) is 0 Å². The highest BCUT2D eigenvalue weighted by Crippen LogP contribution is 2.22. The molecule has 0 spiro atoms. The third-order valence-corrected chi connectivity index (χ3v) is 3.90. The van der Waals surface area contributed by atoms with Gasteiger partial charge in [-0.15, -0.1) is 0 Å². The number of amides is 1. The van der Waals surface area contributed by atoms with Gasteiger partial charge in [0, 0.05) is 16.8 Å². The average Bonchev–Trinajstić information content (AvgIpc) is 2.42. The molecule has 1 saturated heterocycles. The van der Waals surface area contributed by atoms with E-state index in [4.69, 9.17) is 4.74 Å². The van der Waals surface area contributed by atoms with Crippen molar-refractivity contribution in [3.05, 3.63) is 28.2 Å². The lowest BCUT2D eigenvalue weighted by atomic mass is 10.1. The van der Waals surface area contributed by atoms with E-state index in [-0.39, 0.29) is 12.0 Å². The summed E-state index contributed by atoms with van der Waals surface area (Å²) in [5.41, 5.74) is 2.05. The minimum absolute atomic E-state index is 0.0453. The van der Waals surface area contributed by atoms with Gasteiger partial charge in [0.2, 0.25) is 5.91 Å². The molecule has 0 saturated carbocycles. The molecule has 0 aliphatic carbocycles. The SMILES string of the molecule is CCc1cc(Br)ccc1NC(=O)CC1CCCCO1. The van der Waals surface area contributed by atoms with Crippen molar-refractivity contribution in [2.75, 3.05) is 11.9 Å². The first-order valence-corrected chi connectivity index (χ1v) is 7.68. The highest BCUT2D eigenvalue weighted by molar-refractivity contribution is 9.10. The number of carbonyl (C=O) groups excluding carboxylic acids is 1. The van der Waals surface area contributed by atoms with Crippen LogP contribution in [-0.4, -0.2) is 18.6 Å². The Hall–Kier alpha value is -0.870. The Balaban J connectivity index is 1.94. The van der Waals surface area contributed by atoms with Crippen LogP contribution in [0.2, 0.25) is 0 Å². The fourth-order valence-electron chi connectivity index (χ4n) is 2.35. The maximum atomic E-state index is 12.0. The van der Waals surface area contributed by atoms with E-state index in [2.05, 4.69) is 28.2 Å². The molecule has 4 heteroatoms. The normalized spacial score (nSPS) is 19.2. The number of rotatable bonds is 4. The Labute approximate surface area is 122 Å². The molecule has 1 atom stereocenters. The number of aryl methyl sites for hydroxylation is 1. The van der Waals surface area contributed by atoms with Crippen LogP contribution in [-0.2, 0) is 16.0 Å². The number of nitrogens with one attached hydrogen (secondary N) is 1. The summed E-state index contributed by atoms with van der Waals surface area (Å²) in [6.07, 6.45) is 4.72. The van der Waals surface area contributed by atoms with Crippen LogP contribution in [0.3, 0.4) is 0 Å². The van der Waals surface area contributed by atoms with Crippen molar-refractivity contribution in [2.24, 2.45) is 0 Å². The molecule has 2 rings (SSSR count). The van der Waals surface area contributed by atoms with Crippen LogP contribution in [0.15, 0.2) is 22.7 Å². The highest BCUT2D eigenvalue weighted by atomic mass is 79.9. The van der Waals surface area contributed by atoms with Gasteiger partial charge in [0.15, 0.2) is 0 Å². The number of carbonyl (C=O) groups is 1. The summed E-state index contributed by atoms with van der Waals surface area (Å²) in [7, 11) is 0. The van der Waals surface area contributed by atoms with E-state index in [1.807, 2.05) is 18.2 Å². The third-order valence-electron chi connectivity index (χ3n) is 3.41.